The lowest BCUT2D eigenvalue weighted by Crippen LogP contribution is -2.56. The van der Waals surface area contributed by atoms with Crippen LogP contribution in [0.4, 0.5) is 17.6 Å². The molecule has 1 heterocycles. The van der Waals surface area contributed by atoms with Gasteiger partial charge in [-0.15, -0.1) is 0 Å². The molecule has 1 aliphatic heterocycles. The summed E-state index contributed by atoms with van der Waals surface area (Å²) in [7, 11) is 0. The minimum Gasteiger partial charge on any atom is -0.339 e. The second-order valence-corrected chi connectivity index (χ2v) is 6.16. The molecule has 0 bridgehead atoms. The van der Waals surface area contributed by atoms with Crippen LogP contribution in [-0.2, 0) is 17.6 Å². The van der Waals surface area contributed by atoms with Crippen molar-refractivity contribution in [3.05, 3.63) is 35.1 Å². The largest absolute Gasteiger partial charge is 0.393 e. The van der Waals surface area contributed by atoms with Gasteiger partial charge in [0.15, 0.2) is 0 Å². The van der Waals surface area contributed by atoms with Gasteiger partial charge < -0.3 is 10.2 Å². The van der Waals surface area contributed by atoms with Crippen LogP contribution in [0.25, 0.3) is 0 Å². The van der Waals surface area contributed by atoms with Crippen LogP contribution in [0.5, 0.6) is 0 Å². The number of alkyl halides is 3. The Morgan fingerprint density at radius 2 is 1.87 bits per heavy atom. The van der Waals surface area contributed by atoms with Crippen molar-refractivity contribution in [2.24, 2.45) is 0 Å². The lowest BCUT2D eigenvalue weighted by Gasteiger charge is -2.36. The van der Waals surface area contributed by atoms with Gasteiger partial charge >= 0.3 is 6.18 Å². The van der Waals surface area contributed by atoms with Crippen LogP contribution >= 0.6 is 0 Å². The standard InChI is InChI=1S/C16H20F4N2O/c1-10-8-22(9-11(2)21-10)15(23)6-12-3-4-13(14(17)5-12)7-16(18,19)20/h3-5,10-11,21H,6-9H2,1-2H3. The summed E-state index contributed by atoms with van der Waals surface area (Å²) in [5.41, 5.74) is -0.0182. The lowest BCUT2D eigenvalue weighted by atomic mass is 10.0. The molecule has 7 heteroatoms. The lowest BCUT2D eigenvalue weighted by molar-refractivity contribution is -0.132. The van der Waals surface area contributed by atoms with Gasteiger partial charge in [-0.1, -0.05) is 12.1 Å². The van der Waals surface area contributed by atoms with E-state index in [0.717, 1.165) is 12.1 Å². The molecule has 0 aliphatic carbocycles. The third kappa shape index (κ3) is 5.20. The monoisotopic (exact) mass is 332 g/mol. The number of benzene rings is 1. The fourth-order valence-electron chi connectivity index (χ4n) is 2.88. The summed E-state index contributed by atoms with van der Waals surface area (Å²) in [5, 5.41) is 3.31. The Morgan fingerprint density at radius 1 is 1.26 bits per heavy atom. The number of carbonyl (C=O) groups excluding carboxylic acids is 1. The quantitative estimate of drug-likeness (QED) is 0.863. The number of carbonyl (C=O) groups is 1. The summed E-state index contributed by atoms with van der Waals surface area (Å²) >= 11 is 0. The fraction of sp³-hybridized carbons (Fsp3) is 0.562. The van der Waals surface area contributed by atoms with E-state index in [1.807, 2.05) is 13.8 Å². The van der Waals surface area contributed by atoms with Crippen molar-refractivity contribution in [2.75, 3.05) is 13.1 Å². The minimum absolute atomic E-state index is 0.0113. The van der Waals surface area contributed by atoms with Gasteiger partial charge in [-0.2, -0.15) is 13.2 Å². The highest BCUT2D eigenvalue weighted by Crippen LogP contribution is 2.23. The topological polar surface area (TPSA) is 32.3 Å². The first-order valence-electron chi connectivity index (χ1n) is 7.52. The molecule has 0 radical (unpaired) electrons. The van der Waals surface area contributed by atoms with Crippen molar-refractivity contribution in [3.63, 3.8) is 0 Å². The van der Waals surface area contributed by atoms with E-state index in [9.17, 15) is 22.4 Å². The van der Waals surface area contributed by atoms with Crippen LogP contribution in [0, 0.1) is 5.82 Å². The Labute approximate surface area is 132 Å². The molecule has 1 aliphatic rings. The van der Waals surface area contributed by atoms with Gasteiger partial charge in [-0.3, -0.25) is 4.79 Å². The van der Waals surface area contributed by atoms with Crippen LogP contribution in [0.2, 0.25) is 0 Å². The zero-order valence-corrected chi connectivity index (χ0v) is 13.1. The maximum absolute atomic E-state index is 13.8. The highest BCUT2D eigenvalue weighted by atomic mass is 19.4. The maximum Gasteiger partial charge on any atom is 0.393 e. The number of rotatable bonds is 3. The molecule has 1 N–H and O–H groups in total. The Hall–Kier alpha value is -1.63. The molecule has 0 aromatic heterocycles. The van der Waals surface area contributed by atoms with Crippen LogP contribution in [0.15, 0.2) is 18.2 Å². The SMILES string of the molecule is CC1CN(C(=O)Cc2ccc(CC(F)(F)F)c(F)c2)CC(C)N1. The fourth-order valence-corrected chi connectivity index (χ4v) is 2.88. The van der Waals surface area contributed by atoms with Crippen molar-refractivity contribution >= 4 is 5.91 Å². The van der Waals surface area contributed by atoms with Crippen LogP contribution in [0.1, 0.15) is 25.0 Å². The van der Waals surface area contributed by atoms with Gasteiger partial charge in [0.1, 0.15) is 5.82 Å². The first-order valence-corrected chi connectivity index (χ1v) is 7.52. The molecule has 128 valence electrons. The number of halogens is 4. The Balaban J connectivity index is 2.02. The molecular weight excluding hydrogens is 312 g/mol. The average Bonchev–Trinajstić information content (AvgIpc) is 2.39. The van der Waals surface area contributed by atoms with Gasteiger partial charge in [0.2, 0.25) is 5.91 Å². The number of hydrogen-bond acceptors (Lipinski definition) is 2. The van der Waals surface area contributed by atoms with E-state index < -0.39 is 24.0 Å². The smallest absolute Gasteiger partial charge is 0.339 e. The van der Waals surface area contributed by atoms with E-state index in [1.54, 1.807) is 4.90 Å². The summed E-state index contributed by atoms with van der Waals surface area (Å²) in [6.45, 7) is 5.08. The molecule has 1 fully saturated rings. The average molecular weight is 332 g/mol. The van der Waals surface area contributed by atoms with Crippen molar-refractivity contribution in [1.29, 1.82) is 0 Å². The second kappa shape index (κ2) is 6.86. The molecule has 2 atom stereocenters. The third-order valence-electron chi connectivity index (χ3n) is 3.77. The number of amides is 1. The van der Waals surface area contributed by atoms with Crippen LogP contribution < -0.4 is 5.32 Å². The second-order valence-electron chi connectivity index (χ2n) is 6.16. The predicted octanol–water partition coefficient (Wildman–Crippen LogP) is 2.68. The van der Waals surface area contributed by atoms with Crippen LogP contribution in [0.3, 0.4) is 0 Å². The normalized spacial score (nSPS) is 22.3. The van der Waals surface area contributed by atoms with Crippen molar-refractivity contribution in [3.8, 4) is 0 Å². The Morgan fingerprint density at radius 3 is 2.39 bits per heavy atom. The van der Waals surface area contributed by atoms with Gasteiger partial charge in [0.05, 0.1) is 12.8 Å². The van der Waals surface area contributed by atoms with E-state index in [1.165, 1.54) is 6.07 Å². The molecule has 0 spiro atoms. The molecule has 3 nitrogen and oxygen atoms in total. The van der Waals surface area contributed by atoms with Gasteiger partial charge in [-0.25, -0.2) is 4.39 Å². The first kappa shape index (κ1) is 17.7. The molecule has 1 aromatic rings. The molecule has 2 rings (SSSR count). The van der Waals surface area contributed by atoms with Gasteiger partial charge in [-0.05, 0) is 31.0 Å². The van der Waals surface area contributed by atoms with Gasteiger partial charge in [0.25, 0.3) is 0 Å². The number of nitrogens with one attached hydrogen (secondary N) is 1. The van der Waals surface area contributed by atoms with E-state index in [4.69, 9.17) is 0 Å². The zero-order chi connectivity index (χ0) is 17.2. The Kier molecular flexibility index (Phi) is 5.29. The summed E-state index contributed by atoms with van der Waals surface area (Å²) in [6, 6.07) is 3.86. The predicted molar refractivity (Wildman–Crippen MR) is 78.5 cm³/mol. The van der Waals surface area contributed by atoms with Crippen molar-refractivity contribution < 1.29 is 22.4 Å². The first-order chi connectivity index (χ1) is 10.6. The van der Waals surface area contributed by atoms with E-state index in [2.05, 4.69) is 5.32 Å². The van der Waals surface area contributed by atoms with E-state index >= 15 is 0 Å². The van der Waals surface area contributed by atoms with E-state index in [-0.39, 0.29) is 24.4 Å². The highest BCUT2D eigenvalue weighted by Gasteiger charge is 2.29. The molecule has 1 saturated heterocycles. The highest BCUT2D eigenvalue weighted by molar-refractivity contribution is 5.79. The van der Waals surface area contributed by atoms with Crippen LogP contribution in [-0.4, -0.2) is 42.2 Å². The molecule has 2 unspecified atom stereocenters. The van der Waals surface area contributed by atoms with Crippen molar-refractivity contribution in [2.45, 2.75) is 44.9 Å². The maximum atomic E-state index is 13.8. The third-order valence-corrected chi connectivity index (χ3v) is 3.77. The zero-order valence-electron chi connectivity index (χ0n) is 13.1. The number of piperazine rings is 1. The minimum atomic E-state index is -4.45. The number of hydrogen-bond donors (Lipinski definition) is 1. The molecule has 0 saturated carbocycles. The molecule has 1 aromatic carbocycles. The molecule has 23 heavy (non-hydrogen) atoms. The summed E-state index contributed by atoms with van der Waals surface area (Å²) in [4.78, 5) is 14.0. The molecular formula is C16H20F4N2O. The molecule has 1 amide bonds. The Bertz CT molecular complexity index is 564. The van der Waals surface area contributed by atoms with Gasteiger partial charge in [0, 0.05) is 25.2 Å². The summed E-state index contributed by atoms with van der Waals surface area (Å²) in [5.74, 6) is -1.07. The summed E-state index contributed by atoms with van der Waals surface area (Å²) < 4.78 is 50.7. The van der Waals surface area contributed by atoms with E-state index in [0.29, 0.717) is 18.7 Å². The van der Waals surface area contributed by atoms with Crippen molar-refractivity contribution in [1.82, 2.24) is 10.2 Å². The summed E-state index contributed by atoms with van der Waals surface area (Å²) in [6.07, 6.45) is -5.77. The number of nitrogens with zero attached hydrogens (tertiary/aromatic N) is 1.